The number of pyridine rings is 1. The van der Waals surface area contributed by atoms with Gasteiger partial charge in [0.25, 0.3) is 0 Å². The van der Waals surface area contributed by atoms with Crippen molar-refractivity contribution in [2.75, 3.05) is 7.11 Å². The lowest BCUT2D eigenvalue weighted by atomic mass is 9.90. The highest BCUT2D eigenvalue weighted by molar-refractivity contribution is 6.14. The van der Waals surface area contributed by atoms with Crippen LogP contribution in [0.2, 0.25) is 0 Å². The van der Waals surface area contributed by atoms with Crippen LogP contribution in [0.1, 0.15) is 33.7 Å². The summed E-state index contributed by atoms with van der Waals surface area (Å²) in [5, 5.41) is 9.70. The zero-order valence-corrected chi connectivity index (χ0v) is 14.1. The predicted molar refractivity (Wildman–Crippen MR) is 96.1 cm³/mol. The summed E-state index contributed by atoms with van der Waals surface area (Å²) < 4.78 is 5.13. The van der Waals surface area contributed by atoms with Crippen molar-refractivity contribution < 1.29 is 14.6 Å². The molecule has 0 atom stereocenters. The Labute approximate surface area is 145 Å². The molecular weight excluding hydrogens is 316 g/mol. The second-order valence-corrected chi connectivity index (χ2v) is 6.26. The van der Waals surface area contributed by atoms with Crippen LogP contribution in [0.25, 0.3) is 17.1 Å². The number of allylic oxidation sites excluding steroid dienone is 1. The summed E-state index contributed by atoms with van der Waals surface area (Å²) in [4.78, 5) is 20.7. The Balaban J connectivity index is 1.75. The molecule has 0 spiro atoms. The summed E-state index contributed by atoms with van der Waals surface area (Å²) in [6.07, 6.45) is 3.30. The summed E-state index contributed by atoms with van der Waals surface area (Å²) in [5.74, 6) is 0.478. The van der Waals surface area contributed by atoms with Crippen molar-refractivity contribution in [2.24, 2.45) is 0 Å². The van der Waals surface area contributed by atoms with Crippen LogP contribution in [0.4, 0.5) is 0 Å². The van der Waals surface area contributed by atoms with Crippen LogP contribution in [0, 0.1) is 6.92 Å². The number of ether oxygens (including phenoxy) is 1. The van der Waals surface area contributed by atoms with E-state index >= 15 is 0 Å². The van der Waals surface area contributed by atoms with Crippen molar-refractivity contribution in [1.82, 2.24) is 9.97 Å². The number of carbonyl (C=O) groups is 1. The third-order valence-electron chi connectivity index (χ3n) is 4.59. The summed E-state index contributed by atoms with van der Waals surface area (Å²) in [6.45, 7) is 1.95. The van der Waals surface area contributed by atoms with E-state index in [0.717, 1.165) is 39.8 Å². The number of hydrogen-bond acceptors (Lipinski definition) is 4. The van der Waals surface area contributed by atoms with Crippen molar-refractivity contribution in [3.8, 4) is 11.5 Å². The van der Waals surface area contributed by atoms with E-state index in [4.69, 9.17) is 4.74 Å². The number of methoxy groups -OCH3 is 1. The molecule has 0 saturated carbocycles. The van der Waals surface area contributed by atoms with Gasteiger partial charge < -0.3 is 14.8 Å². The van der Waals surface area contributed by atoms with Gasteiger partial charge in [-0.05, 0) is 55.7 Å². The van der Waals surface area contributed by atoms with E-state index in [1.165, 1.54) is 7.11 Å². The Bertz CT molecular complexity index is 1030. The maximum absolute atomic E-state index is 12.9. The number of carbonyl (C=O) groups excluding carboxylic acids is 1. The molecule has 5 heteroatoms. The maximum Gasteiger partial charge on any atom is 0.205 e. The van der Waals surface area contributed by atoms with E-state index in [1.54, 1.807) is 18.2 Å². The van der Waals surface area contributed by atoms with Crippen LogP contribution in [0.15, 0.2) is 35.9 Å². The van der Waals surface area contributed by atoms with Crippen LogP contribution in [-0.2, 0) is 6.42 Å². The van der Waals surface area contributed by atoms with E-state index in [2.05, 4.69) is 9.97 Å². The van der Waals surface area contributed by atoms with Crippen molar-refractivity contribution in [2.45, 2.75) is 19.8 Å². The Kier molecular flexibility index (Phi) is 3.57. The number of phenols is 1. The first kappa shape index (κ1) is 15.4. The van der Waals surface area contributed by atoms with Gasteiger partial charge in [-0.1, -0.05) is 6.07 Å². The van der Waals surface area contributed by atoms with E-state index in [0.29, 0.717) is 17.9 Å². The molecule has 0 unspecified atom stereocenters. The molecule has 1 aliphatic carbocycles. The Morgan fingerprint density at radius 2 is 2.08 bits per heavy atom. The lowest BCUT2D eigenvalue weighted by molar-refractivity contribution is 0.102. The highest BCUT2D eigenvalue weighted by Gasteiger charge is 2.26. The number of aromatic hydroxyl groups is 1. The average molecular weight is 334 g/mol. The number of aromatic nitrogens is 2. The molecule has 0 saturated heterocycles. The summed E-state index contributed by atoms with van der Waals surface area (Å²) in [5.41, 5.74) is 5.94. The van der Waals surface area contributed by atoms with Gasteiger partial charge in [-0.3, -0.25) is 9.78 Å². The zero-order valence-electron chi connectivity index (χ0n) is 14.1. The minimum atomic E-state index is 0.00365. The minimum absolute atomic E-state index is 0.00365. The third-order valence-corrected chi connectivity index (χ3v) is 4.59. The fourth-order valence-corrected chi connectivity index (χ4v) is 3.31. The van der Waals surface area contributed by atoms with E-state index in [-0.39, 0.29) is 11.5 Å². The van der Waals surface area contributed by atoms with Crippen molar-refractivity contribution in [1.29, 1.82) is 0 Å². The number of phenolic OH excluding ortho intramolecular Hbond substituents is 1. The fraction of sp³-hybridized carbons (Fsp3) is 0.200. The molecule has 0 amide bonds. The van der Waals surface area contributed by atoms with E-state index < -0.39 is 0 Å². The standard InChI is InChI=1S/C20H18N2O3/c1-11-3-7-15-18(21-11)14-6-5-13(20(24)19(14)22-15)9-12-4-8-16(23)17(10-12)25-2/h3-4,7-10,22-23H,5-6H2,1-2H3/b13-9+. The highest BCUT2D eigenvalue weighted by atomic mass is 16.5. The molecule has 3 aromatic rings. The van der Waals surface area contributed by atoms with Crippen LogP contribution >= 0.6 is 0 Å². The normalized spacial score (nSPS) is 15.6. The Morgan fingerprint density at radius 1 is 1.24 bits per heavy atom. The predicted octanol–water partition coefficient (Wildman–Crippen LogP) is 3.80. The van der Waals surface area contributed by atoms with Gasteiger partial charge in [0.1, 0.15) is 0 Å². The summed E-state index contributed by atoms with van der Waals surface area (Å²) in [7, 11) is 1.50. The average Bonchev–Trinajstić information content (AvgIpc) is 2.97. The minimum Gasteiger partial charge on any atom is -0.504 e. The molecule has 5 nitrogen and oxygen atoms in total. The Morgan fingerprint density at radius 3 is 2.88 bits per heavy atom. The molecule has 1 aromatic carbocycles. The molecule has 4 rings (SSSR count). The first-order valence-electron chi connectivity index (χ1n) is 8.17. The van der Waals surface area contributed by atoms with Gasteiger partial charge in [-0.2, -0.15) is 0 Å². The number of rotatable bonds is 2. The van der Waals surface area contributed by atoms with Gasteiger partial charge in [0.2, 0.25) is 5.78 Å². The third kappa shape index (κ3) is 2.58. The SMILES string of the molecule is COc1cc(/C=C2\CCc3c([nH]c4ccc(C)nc34)C2=O)ccc1O. The second kappa shape index (κ2) is 5.77. The number of ketones is 1. The van der Waals surface area contributed by atoms with Crippen LogP contribution in [0.5, 0.6) is 11.5 Å². The molecule has 126 valence electrons. The number of Topliss-reactive ketones (excluding diaryl/α,β-unsaturated/α-hetero) is 1. The molecule has 2 N–H and O–H groups in total. The number of aryl methyl sites for hydroxylation is 2. The van der Waals surface area contributed by atoms with Gasteiger partial charge in [0.15, 0.2) is 11.5 Å². The molecule has 0 aliphatic heterocycles. The molecule has 1 aliphatic rings. The molecule has 0 radical (unpaired) electrons. The largest absolute Gasteiger partial charge is 0.504 e. The monoisotopic (exact) mass is 334 g/mol. The number of benzene rings is 1. The van der Waals surface area contributed by atoms with E-state index in [9.17, 15) is 9.90 Å². The molecule has 0 bridgehead atoms. The summed E-state index contributed by atoms with van der Waals surface area (Å²) in [6, 6.07) is 8.97. The molecule has 2 heterocycles. The molecule has 25 heavy (non-hydrogen) atoms. The highest BCUT2D eigenvalue weighted by Crippen LogP contribution is 2.33. The number of nitrogens with zero attached hydrogens (tertiary/aromatic N) is 1. The number of hydrogen-bond donors (Lipinski definition) is 2. The molecular formula is C20H18N2O3. The topological polar surface area (TPSA) is 75.2 Å². The quantitative estimate of drug-likeness (QED) is 0.699. The number of H-pyrrole nitrogens is 1. The fourth-order valence-electron chi connectivity index (χ4n) is 3.31. The smallest absolute Gasteiger partial charge is 0.205 e. The first-order valence-corrected chi connectivity index (χ1v) is 8.17. The van der Waals surface area contributed by atoms with Gasteiger partial charge in [-0.25, -0.2) is 0 Å². The number of nitrogens with one attached hydrogen (secondary N) is 1. The van der Waals surface area contributed by atoms with Crippen LogP contribution < -0.4 is 4.74 Å². The van der Waals surface area contributed by atoms with Gasteiger partial charge in [-0.15, -0.1) is 0 Å². The van der Waals surface area contributed by atoms with Gasteiger partial charge in [0.05, 0.1) is 23.8 Å². The lowest BCUT2D eigenvalue weighted by Gasteiger charge is -2.14. The number of aromatic amines is 1. The van der Waals surface area contributed by atoms with Crippen LogP contribution in [0.3, 0.4) is 0 Å². The first-order chi connectivity index (χ1) is 12.1. The lowest BCUT2D eigenvalue weighted by Crippen LogP contribution is -2.13. The maximum atomic E-state index is 12.9. The number of fused-ring (bicyclic) bond motifs is 3. The molecule has 0 fully saturated rings. The van der Waals surface area contributed by atoms with Crippen molar-refractivity contribution in [3.05, 3.63) is 58.4 Å². The summed E-state index contributed by atoms with van der Waals surface area (Å²) >= 11 is 0. The van der Waals surface area contributed by atoms with Crippen molar-refractivity contribution >= 4 is 22.9 Å². The zero-order chi connectivity index (χ0) is 17.6. The second-order valence-electron chi connectivity index (χ2n) is 6.26. The van der Waals surface area contributed by atoms with Gasteiger partial charge >= 0.3 is 0 Å². The van der Waals surface area contributed by atoms with Crippen LogP contribution in [-0.4, -0.2) is 28.0 Å². The van der Waals surface area contributed by atoms with Gasteiger partial charge in [0, 0.05) is 16.8 Å². The Hall–Kier alpha value is -3.08. The van der Waals surface area contributed by atoms with Crippen molar-refractivity contribution in [3.63, 3.8) is 0 Å². The molecule has 2 aromatic heterocycles. The van der Waals surface area contributed by atoms with E-state index in [1.807, 2.05) is 25.1 Å².